The molecule has 2 heterocycles. The molecule has 2 N–H and O–H groups in total. The fourth-order valence-corrected chi connectivity index (χ4v) is 3.07. The lowest BCUT2D eigenvalue weighted by Gasteiger charge is -2.38. The fourth-order valence-electron chi connectivity index (χ4n) is 3.07. The van der Waals surface area contributed by atoms with Gasteiger partial charge in [-0.1, -0.05) is 0 Å². The normalized spacial score (nSPS) is 20.6. The van der Waals surface area contributed by atoms with Crippen LogP contribution in [0.2, 0.25) is 0 Å². The Morgan fingerprint density at radius 1 is 1.05 bits per heavy atom. The van der Waals surface area contributed by atoms with Crippen LogP contribution in [0.4, 0.5) is 11.4 Å². The molecule has 5 heteroatoms. The summed E-state index contributed by atoms with van der Waals surface area (Å²) in [7, 11) is 0. The average Bonchev–Trinajstić information content (AvgIpc) is 2.56. The summed E-state index contributed by atoms with van der Waals surface area (Å²) in [6, 6.07) is 7.94. The van der Waals surface area contributed by atoms with E-state index in [4.69, 9.17) is 10.5 Å². The van der Waals surface area contributed by atoms with Crippen LogP contribution in [0.1, 0.15) is 12.8 Å². The molecule has 114 valence electrons. The molecule has 2 fully saturated rings. The lowest BCUT2D eigenvalue weighted by atomic mass is 9.98. The second-order valence-corrected chi connectivity index (χ2v) is 5.79. The molecule has 1 aromatic rings. The predicted molar refractivity (Wildman–Crippen MR) is 83.2 cm³/mol. The van der Waals surface area contributed by atoms with Gasteiger partial charge in [-0.25, -0.2) is 0 Å². The molecule has 2 saturated heterocycles. The summed E-state index contributed by atoms with van der Waals surface area (Å²) in [5.74, 6) is 0.483. The molecule has 0 radical (unpaired) electrons. The predicted octanol–water partition coefficient (Wildman–Crippen LogP) is 1.34. The molecule has 5 nitrogen and oxygen atoms in total. The number of nitrogen functional groups attached to an aromatic ring is 1. The van der Waals surface area contributed by atoms with E-state index in [9.17, 15) is 4.79 Å². The summed E-state index contributed by atoms with van der Waals surface area (Å²) >= 11 is 0. The number of carbonyl (C=O) groups excluding carboxylic acids is 1. The van der Waals surface area contributed by atoms with E-state index in [1.165, 1.54) is 5.69 Å². The van der Waals surface area contributed by atoms with Crippen LogP contribution >= 0.6 is 0 Å². The van der Waals surface area contributed by atoms with Crippen LogP contribution in [0.15, 0.2) is 24.3 Å². The zero-order valence-corrected chi connectivity index (χ0v) is 12.3. The van der Waals surface area contributed by atoms with Crippen molar-refractivity contribution in [2.24, 2.45) is 5.92 Å². The average molecular weight is 289 g/mol. The van der Waals surface area contributed by atoms with Crippen molar-refractivity contribution in [3.8, 4) is 0 Å². The smallest absolute Gasteiger partial charge is 0.225 e. The number of carbonyl (C=O) groups is 1. The number of benzene rings is 1. The molecule has 2 aliphatic rings. The molecule has 3 rings (SSSR count). The molecule has 0 unspecified atom stereocenters. The summed E-state index contributed by atoms with van der Waals surface area (Å²) in [5, 5.41) is 0. The first kappa shape index (κ1) is 14.2. The van der Waals surface area contributed by atoms with Gasteiger partial charge < -0.3 is 20.3 Å². The highest BCUT2D eigenvalue weighted by molar-refractivity contribution is 5.79. The quantitative estimate of drug-likeness (QED) is 0.835. The van der Waals surface area contributed by atoms with Crippen molar-refractivity contribution in [2.75, 3.05) is 50.0 Å². The topological polar surface area (TPSA) is 58.8 Å². The SMILES string of the molecule is Nc1ccc(N2CCN(C(=O)C3CCOCC3)CC2)cc1. The number of nitrogens with two attached hydrogens (primary N) is 1. The first-order chi connectivity index (χ1) is 10.2. The minimum atomic E-state index is 0.168. The Hall–Kier alpha value is -1.75. The van der Waals surface area contributed by atoms with E-state index in [2.05, 4.69) is 4.90 Å². The molecular weight excluding hydrogens is 266 g/mol. The summed E-state index contributed by atoms with van der Waals surface area (Å²) in [6.07, 6.45) is 1.74. The third-order valence-electron chi connectivity index (χ3n) is 4.42. The van der Waals surface area contributed by atoms with Crippen LogP contribution in [0.5, 0.6) is 0 Å². The number of hydrogen-bond donors (Lipinski definition) is 1. The molecule has 2 aliphatic heterocycles. The zero-order valence-electron chi connectivity index (χ0n) is 12.3. The molecule has 0 bridgehead atoms. The molecule has 1 aromatic carbocycles. The maximum Gasteiger partial charge on any atom is 0.225 e. The minimum absolute atomic E-state index is 0.168. The Kier molecular flexibility index (Phi) is 4.29. The van der Waals surface area contributed by atoms with E-state index in [0.29, 0.717) is 5.91 Å². The first-order valence-corrected chi connectivity index (χ1v) is 7.71. The highest BCUT2D eigenvalue weighted by Gasteiger charge is 2.28. The Balaban J connectivity index is 1.54. The molecule has 0 atom stereocenters. The van der Waals surface area contributed by atoms with Gasteiger partial charge in [-0.15, -0.1) is 0 Å². The number of anilines is 2. The second-order valence-electron chi connectivity index (χ2n) is 5.79. The van der Waals surface area contributed by atoms with E-state index in [-0.39, 0.29) is 5.92 Å². The molecule has 0 aromatic heterocycles. The molecular formula is C16H23N3O2. The lowest BCUT2D eigenvalue weighted by Crippen LogP contribution is -2.51. The highest BCUT2D eigenvalue weighted by atomic mass is 16.5. The molecule has 0 spiro atoms. The van der Waals surface area contributed by atoms with Crippen LogP contribution < -0.4 is 10.6 Å². The third kappa shape index (κ3) is 3.29. The maximum absolute atomic E-state index is 12.5. The van der Waals surface area contributed by atoms with Gasteiger partial charge in [0.25, 0.3) is 0 Å². The van der Waals surface area contributed by atoms with Crippen molar-refractivity contribution >= 4 is 17.3 Å². The molecule has 1 amide bonds. The molecule has 0 aliphatic carbocycles. The molecule has 0 saturated carbocycles. The van der Waals surface area contributed by atoms with E-state index >= 15 is 0 Å². The summed E-state index contributed by atoms with van der Waals surface area (Å²) in [4.78, 5) is 16.8. The van der Waals surface area contributed by atoms with E-state index in [1.54, 1.807) is 0 Å². The number of rotatable bonds is 2. The van der Waals surface area contributed by atoms with E-state index in [1.807, 2.05) is 29.2 Å². The summed E-state index contributed by atoms with van der Waals surface area (Å²) in [6.45, 7) is 4.84. The van der Waals surface area contributed by atoms with Gasteiger partial charge in [0, 0.05) is 56.7 Å². The van der Waals surface area contributed by atoms with Gasteiger partial charge in [-0.05, 0) is 37.1 Å². The van der Waals surface area contributed by atoms with Crippen molar-refractivity contribution < 1.29 is 9.53 Å². The van der Waals surface area contributed by atoms with E-state index in [0.717, 1.165) is 57.9 Å². The lowest BCUT2D eigenvalue weighted by molar-refractivity contribution is -0.138. The monoisotopic (exact) mass is 289 g/mol. The van der Waals surface area contributed by atoms with Crippen molar-refractivity contribution in [3.63, 3.8) is 0 Å². The Morgan fingerprint density at radius 2 is 1.67 bits per heavy atom. The minimum Gasteiger partial charge on any atom is -0.399 e. The Bertz CT molecular complexity index is 475. The van der Waals surface area contributed by atoms with Crippen molar-refractivity contribution in [1.82, 2.24) is 4.90 Å². The summed E-state index contributed by atoms with van der Waals surface area (Å²) < 4.78 is 5.33. The van der Waals surface area contributed by atoms with Crippen LogP contribution in [0.25, 0.3) is 0 Å². The second kappa shape index (κ2) is 6.35. The Morgan fingerprint density at radius 3 is 2.29 bits per heavy atom. The van der Waals surface area contributed by atoms with Crippen LogP contribution in [0, 0.1) is 5.92 Å². The van der Waals surface area contributed by atoms with Crippen LogP contribution in [0.3, 0.4) is 0 Å². The van der Waals surface area contributed by atoms with Crippen LogP contribution in [-0.2, 0) is 9.53 Å². The van der Waals surface area contributed by atoms with Gasteiger partial charge in [-0.3, -0.25) is 4.79 Å². The van der Waals surface area contributed by atoms with Gasteiger partial charge in [0.2, 0.25) is 5.91 Å². The highest BCUT2D eigenvalue weighted by Crippen LogP contribution is 2.21. The Labute approximate surface area is 125 Å². The van der Waals surface area contributed by atoms with Gasteiger partial charge in [-0.2, -0.15) is 0 Å². The number of hydrogen-bond acceptors (Lipinski definition) is 4. The largest absolute Gasteiger partial charge is 0.399 e. The zero-order chi connectivity index (χ0) is 14.7. The summed E-state index contributed by atoms with van der Waals surface area (Å²) in [5.41, 5.74) is 7.69. The number of nitrogens with zero attached hydrogens (tertiary/aromatic N) is 2. The van der Waals surface area contributed by atoms with Crippen molar-refractivity contribution in [2.45, 2.75) is 12.8 Å². The van der Waals surface area contributed by atoms with Gasteiger partial charge >= 0.3 is 0 Å². The first-order valence-electron chi connectivity index (χ1n) is 7.71. The van der Waals surface area contributed by atoms with Gasteiger partial charge in [0.15, 0.2) is 0 Å². The maximum atomic E-state index is 12.5. The van der Waals surface area contributed by atoms with Gasteiger partial charge in [0.05, 0.1) is 0 Å². The van der Waals surface area contributed by atoms with Crippen molar-refractivity contribution in [3.05, 3.63) is 24.3 Å². The number of piperazine rings is 1. The molecule has 21 heavy (non-hydrogen) atoms. The van der Waals surface area contributed by atoms with Crippen molar-refractivity contribution in [1.29, 1.82) is 0 Å². The fraction of sp³-hybridized carbons (Fsp3) is 0.562. The van der Waals surface area contributed by atoms with Crippen LogP contribution in [-0.4, -0.2) is 50.2 Å². The number of ether oxygens (including phenoxy) is 1. The standard InChI is InChI=1S/C16H23N3O2/c17-14-1-3-15(4-2-14)18-7-9-19(10-8-18)16(20)13-5-11-21-12-6-13/h1-4,13H,5-12,17H2. The number of amides is 1. The third-order valence-corrected chi connectivity index (χ3v) is 4.42. The van der Waals surface area contributed by atoms with Gasteiger partial charge in [0.1, 0.15) is 0 Å². The van der Waals surface area contributed by atoms with E-state index < -0.39 is 0 Å².